The Balaban J connectivity index is 2.04. The van der Waals surface area contributed by atoms with Gasteiger partial charge >= 0.3 is 0 Å². The van der Waals surface area contributed by atoms with Crippen LogP contribution in [-0.4, -0.2) is 6.21 Å². The molecular formula is C20H18N+. The van der Waals surface area contributed by atoms with E-state index in [-0.39, 0.29) is 5.41 Å². The molecule has 1 heteroatoms. The van der Waals surface area contributed by atoms with Gasteiger partial charge in [-0.1, -0.05) is 42.5 Å². The molecule has 4 rings (SSSR count). The summed E-state index contributed by atoms with van der Waals surface area (Å²) in [5, 5.41) is 2.67. The second kappa shape index (κ2) is 4.29. The maximum atomic E-state index is 2.33. The summed E-state index contributed by atoms with van der Waals surface area (Å²) in [6.07, 6.45) is 2.33. The number of para-hydroxylation sites is 1. The quantitative estimate of drug-likeness (QED) is 0.546. The van der Waals surface area contributed by atoms with Crippen LogP contribution in [0.4, 0.5) is 11.4 Å². The lowest BCUT2D eigenvalue weighted by Gasteiger charge is -2.13. The SMILES string of the molecule is CC1(C)C=[N+](c2ccccc2)c2ccc3ccccc3c21. The lowest BCUT2D eigenvalue weighted by molar-refractivity contribution is 0.759. The monoisotopic (exact) mass is 272 g/mol. The van der Waals surface area contributed by atoms with Crippen LogP contribution < -0.4 is 4.58 Å². The summed E-state index contributed by atoms with van der Waals surface area (Å²) in [6, 6.07) is 23.7. The van der Waals surface area contributed by atoms with Crippen molar-refractivity contribution in [3.8, 4) is 0 Å². The van der Waals surface area contributed by atoms with Gasteiger partial charge in [0.1, 0.15) is 0 Å². The van der Waals surface area contributed by atoms with Gasteiger partial charge in [0.2, 0.25) is 11.4 Å². The van der Waals surface area contributed by atoms with E-state index in [1.165, 1.54) is 27.7 Å². The van der Waals surface area contributed by atoms with Gasteiger partial charge in [-0.2, -0.15) is 4.58 Å². The zero-order chi connectivity index (χ0) is 14.4. The highest BCUT2D eigenvalue weighted by Crippen LogP contribution is 2.42. The first-order chi connectivity index (χ1) is 10.2. The average Bonchev–Trinajstić information content (AvgIpc) is 2.80. The van der Waals surface area contributed by atoms with Crippen LogP contribution in [0.15, 0.2) is 66.7 Å². The molecule has 0 spiro atoms. The molecule has 0 unspecified atom stereocenters. The standard InChI is InChI=1S/C20H18N/c1-20(2)14-21(16-9-4-3-5-10-16)18-13-12-15-8-6-7-11-17(15)19(18)20/h3-14H,1-2H3/q+1. The van der Waals surface area contributed by atoms with Gasteiger partial charge in [-0.05, 0) is 30.7 Å². The van der Waals surface area contributed by atoms with Crippen molar-refractivity contribution in [2.24, 2.45) is 0 Å². The van der Waals surface area contributed by atoms with Crippen LogP contribution in [0.5, 0.6) is 0 Å². The predicted octanol–water partition coefficient (Wildman–Crippen LogP) is 5.04. The van der Waals surface area contributed by atoms with Crippen LogP contribution in [0.25, 0.3) is 10.8 Å². The molecule has 1 nitrogen and oxygen atoms in total. The number of benzene rings is 3. The Kier molecular flexibility index (Phi) is 2.52. The van der Waals surface area contributed by atoms with Crippen molar-refractivity contribution in [1.82, 2.24) is 4.58 Å². The van der Waals surface area contributed by atoms with Crippen molar-refractivity contribution in [3.05, 3.63) is 72.3 Å². The molecule has 0 saturated carbocycles. The maximum Gasteiger partial charge on any atom is 0.215 e. The fourth-order valence-corrected chi connectivity index (χ4v) is 3.40. The summed E-state index contributed by atoms with van der Waals surface area (Å²) in [5.74, 6) is 0. The number of rotatable bonds is 1. The van der Waals surface area contributed by atoms with E-state index in [2.05, 4.69) is 91.4 Å². The summed E-state index contributed by atoms with van der Waals surface area (Å²) in [5.41, 5.74) is 3.97. The molecule has 0 aromatic heterocycles. The second-order valence-corrected chi connectivity index (χ2v) is 6.24. The van der Waals surface area contributed by atoms with E-state index in [0.29, 0.717) is 0 Å². The third kappa shape index (κ3) is 1.81. The highest BCUT2D eigenvalue weighted by Gasteiger charge is 2.39. The highest BCUT2D eigenvalue weighted by atomic mass is 15.0. The van der Waals surface area contributed by atoms with Gasteiger partial charge in [0, 0.05) is 23.8 Å². The summed E-state index contributed by atoms with van der Waals surface area (Å²) in [7, 11) is 0. The molecule has 0 saturated heterocycles. The molecule has 0 N–H and O–H groups in total. The fraction of sp³-hybridized carbons (Fsp3) is 0.150. The minimum atomic E-state index is 0.0338. The van der Waals surface area contributed by atoms with Crippen LogP contribution in [0.2, 0.25) is 0 Å². The number of hydrogen-bond donors (Lipinski definition) is 0. The van der Waals surface area contributed by atoms with Crippen molar-refractivity contribution in [1.29, 1.82) is 0 Å². The minimum Gasteiger partial charge on any atom is -0.163 e. The third-order valence-corrected chi connectivity index (χ3v) is 4.30. The first-order valence-electron chi connectivity index (χ1n) is 7.39. The Morgan fingerprint density at radius 1 is 0.762 bits per heavy atom. The number of hydrogen-bond acceptors (Lipinski definition) is 0. The first-order valence-corrected chi connectivity index (χ1v) is 7.39. The molecule has 3 aromatic rings. The first kappa shape index (κ1) is 12.3. The molecule has 21 heavy (non-hydrogen) atoms. The molecule has 1 aliphatic heterocycles. The number of nitrogens with zero attached hydrogens (tertiary/aromatic N) is 1. The van der Waals surface area contributed by atoms with Crippen LogP contribution in [0.1, 0.15) is 19.4 Å². The Bertz CT molecular complexity index is 857. The van der Waals surface area contributed by atoms with Crippen LogP contribution >= 0.6 is 0 Å². The molecule has 0 bridgehead atoms. The molecule has 102 valence electrons. The van der Waals surface area contributed by atoms with E-state index in [4.69, 9.17) is 0 Å². The second-order valence-electron chi connectivity index (χ2n) is 6.24. The summed E-state index contributed by atoms with van der Waals surface area (Å²) < 4.78 is 2.32. The molecule has 1 aliphatic rings. The maximum absolute atomic E-state index is 2.33. The topological polar surface area (TPSA) is 3.01 Å². The third-order valence-electron chi connectivity index (χ3n) is 4.30. The lowest BCUT2D eigenvalue weighted by Crippen LogP contribution is -2.17. The van der Waals surface area contributed by atoms with Crippen molar-refractivity contribution < 1.29 is 0 Å². The van der Waals surface area contributed by atoms with Gasteiger partial charge in [-0.25, -0.2) is 0 Å². The zero-order valence-corrected chi connectivity index (χ0v) is 12.4. The van der Waals surface area contributed by atoms with Crippen LogP contribution in [0.3, 0.4) is 0 Å². The Hall–Kier alpha value is -2.41. The van der Waals surface area contributed by atoms with E-state index in [1.54, 1.807) is 0 Å². The van der Waals surface area contributed by atoms with Gasteiger partial charge in [0.25, 0.3) is 0 Å². The predicted molar refractivity (Wildman–Crippen MR) is 90.9 cm³/mol. The van der Waals surface area contributed by atoms with Crippen molar-refractivity contribution >= 4 is 28.4 Å². The Morgan fingerprint density at radius 2 is 1.48 bits per heavy atom. The smallest absolute Gasteiger partial charge is 0.163 e. The van der Waals surface area contributed by atoms with Gasteiger partial charge in [0.05, 0.1) is 5.41 Å². The molecule has 0 radical (unpaired) electrons. The molecule has 0 amide bonds. The highest BCUT2D eigenvalue weighted by molar-refractivity contribution is 6.00. The Labute approximate surface area is 125 Å². The normalized spacial score (nSPS) is 15.8. The van der Waals surface area contributed by atoms with Crippen molar-refractivity contribution in [3.63, 3.8) is 0 Å². The average molecular weight is 272 g/mol. The van der Waals surface area contributed by atoms with Gasteiger partial charge in [-0.3, -0.25) is 0 Å². The number of fused-ring (bicyclic) bond motifs is 3. The Morgan fingerprint density at radius 3 is 2.29 bits per heavy atom. The van der Waals surface area contributed by atoms with E-state index < -0.39 is 0 Å². The molecule has 3 aromatic carbocycles. The molecule has 0 atom stereocenters. The van der Waals surface area contributed by atoms with E-state index in [1.807, 2.05) is 0 Å². The van der Waals surface area contributed by atoms with Gasteiger partial charge in [-0.15, -0.1) is 0 Å². The minimum absolute atomic E-state index is 0.0338. The van der Waals surface area contributed by atoms with Gasteiger partial charge in [0.15, 0.2) is 6.21 Å². The molecule has 1 heterocycles. The lowest BCUT2D eigenvalue weighted by atomic mass is 9.84. The molecule has 0 fully saturated rings. The zero-order valence-electron chi connectivity index (χ0n) is 12.4. The summed E-state index contributed by atoms with van der Waals surface area (Å²) in [6.45, 7) is 4.59. The summed E-state index contributed by atoms with van der Waals surface area (Å²) >= 11 is 0. The van der Waals surface area contributed by atoms with Crippen molar-refractivity contribution in [2.75, 3.05) is 0 Å². The van der Waals surface area contributed by atoms with E-state index >= 15 is 0 Å². The van der Waals surface area contributed by atoms with E-state index in [9.17, 15) is 0 Å². The fourth-order valence-electron chi connectivity index (χ4n) is 3.40. The van der Waals surface area contributed by atoms with Crippen LogP contribution in [-0.2, 0) is 5.41 Å². The van der Waals surface area contributed by atoms with Gasteiger partial charge < -0.3 is 0 Å². The summed E-state index contributed by atoms with van der Waals surface area (Å²) in [4.78, 5) is 0. The van der Waals surface area contributed by atoms with Crippen molar-refractivity contribution in [2.45, 2.75) is 19.3 Å². The van der Waals surface area contributed by atoms with Crippen LogP contribution in [0, 0.1) is 0 Å². The molecule has 0 aliphatic carbocycles. The largest absolute Gasteiger partial charge is 0.215 e. The van der Waals surface area contributed by atoms with E-state index in [0.717, 1.165) is 0 Å². The molecular weight excluding hydrogens is 254 g/mol.